The minimum absolute atomic E-state index is 0. The molecule has 3 heteroatoms. The molecule has 0 unspecified atom stereocenters. The van der Waals surface area contributed by atoms with E-state index < -0.39 is 5.97 Å². The molecule has 0 bridgehead atoms. The van der Waals surface area contributed by atoms with E-state index in [-0.39, 0.29) is 5.48 Å². The number of carboxylic acid groups (broad SMARTS) is 1. The second kappa shape index (κ2) is 16.4. The summed E-state index contributed by atoms with van der Waals surface area (Å²) in [5.41, 5.74) is 0. The van der Waals surface area contributed by atoms with Crippen molar-refractivity contribution in [3.8, 4) is 0 Å². The predicted molar refractivity (Wildman–Crippen MR) is 76.9 cm³/mol. The van der Waals surface area contributed by atoms with Crippen LogP contribution in [0.3, 0.4) is 0 Å². The molecular weight excluding hydrogens is 228 g/mol. The van der Waals surface area contributed by atoms with Crippen LogP contribution in [0.2, 0.25) is 0 Å². The van der Waals surface area contributed by atoms with Crippen molar-refractivity contribution in [2.24, 2.45) is 0 Å². The Bertz CT molecular complexity index is 169. The van der Waals surface area contributed by atoms with Crippen molar-refractivity contribution in [3.63, 3.8) is 0 Å². The van der Waals surface area contributed by atoms with Crippen LogP contribution in [0.1, 0.15) is 90.4 Å². The van der Waals surface area contributed by atoms with Crippen molar-refractivity contribution in [2.75, 3.05) is 0 Å². The summed E-state index contributed by atoms with van der Waals surface area (Å²) in [5.74, 6) is -0.655. The van der Waals surface area contributed by atoms with Crippen molar-refractivity contribution in [1.29, 1.82) is 0 Å². The molecule has 0 fully saturated rings. The molecule has 0 aliphatic rings. The van der Waals surface area contributed by atoms with Crippen LogP contribution in [0.25, 0.3) is 0 Å². The fourth-order valence-electron chi connectivity index (χ4n) is 2.12. The molecule has 3 nitrogen and oxygen atoms in total. The third-order valence-electron chi connectivity index (χ3n) is 3.24. The van der Waals surface area contributed by atoms with Crippen LogP contribution in [0.5, 0.6) is 0 Å². The Morgan fingerprint density at radius 3 is 1.39 bits per heavy atom. The number of carboxylic acids is 1. The zero-order valence-electron chi connectivity index (χ0n) is 12.0. The number of aliphatic carboxylic acids is 1. The summed E-state index contributed by atoms with van der Waals surface area (Å²) >= 11 is 0. The minimum Gasteiger partial charge on any atom is -0.481 e. The highest BCUT2D eigenvalue weighted by Crippen LogP contribution is 2.12. The molecule has 0 aromatic rings. The molecule has 110 valence electrons. The van der Waals surface area contributed by atoms with E-state index in [9.17, 15) is 4.79 Å². The standard InChI is InChI=1S/C15H30O2.H2O/c1-2-3-4-5-6-7-8-9-10-11-12-13-14-15(16)17;/h2-14H2,1H3,(H,16,17);1H2. The number of unbranched alkanes of at least 4 members (excludes halogenated alkanes) is 11. The third kappa shape index (κ3) is 17.8. The van der Waals surface area contributed by atoms with Crippen LogP contribution < -0.4 is 0 Å². The lowest BCUT2D eigenvalue weighted by Gasteiger charge is -2.02. The number of hydrogen-bond acceptors (Lipinski definition) is 1. The van der Waals surface area contributed by atoms with Crippen molar-refractivity contribution in [1.82, 2.24) is 0 Å². The van der Waals surface area contributed by atoms with Crippen LogP contribution in [0.4, 0.5) is 0 Å². The summed E-state index contributed by atoms with van der Waals surface area (Å²) in [5, 5.41) is 8.47. The molecule has 0 radical (unpaired) electrons. The molecule has 0 saturated heterocycles. The van der Waals surface area contributed by atoms with Gasteiger partial charge >= 0.3 is 5.97 Å². The van der Waals surface area contributed by atoms with E-state index in [1.165, 1.54) is 64.2 Å². The van der Waals surface area contributed by atoms with Crippen molar-refractivity contribution < 1.29 is 15.4 Å². The first-order valence-corrected chi connectivity index (χ1v) is 7.49. The minimum atomic E-state index is -0.655. The zero-order valence-corrected chi connectivity index (χ0v) is 12.0. The first-order chi connectivity index (χ1) is 8.27. The third-order valence-corrected chi connectivity index (χ3v) is 3.24. The van der Waals surface area contributed by atoms with Gasteiger partial charge in [-0.25, -0.2) is 0 Å². The quantitative estimate of drug-likeness (QED) is 0.500. The Morgan fingerprint density at radius 1 is 0.722 bits per heavy atom. The monoisotopic (exact) mass is 260 g/mol. The fourth-order valence-corrected chi connectivity index (χ4v) is 2.12. The maximum absolute atomic E-state index is 10.3. The lowest BCUT2D eigenvalue weighted by atomic mass is 10.0. The number of rotatable bonds is 13. The van der Waals surface area contributed by atoms with Gasteiger partial charge in [-0.1, -0.05) is 77.6 Å². The Morgan fingerprint density at radius 2 is 1.06 bits per heavy atom. The van der Waals surface area contributed by atoms with Gasteiger partial charge in [0, 0.05) is 6.42 Å². The van der Waals surface area contributed by atoms with E-state index >= 15 is 0 Å². The molecule has 0 rings (SSSR count). The van der Waals surface area contributed by atoms with E-state index in [0.717, 1.165) is 12.8 Å². The van der Waals surface area contributed by atoms with E-state index in [1.54, 1.807) is 0 Å². The second-order valence-electron chi connectivity index (χ2n) is 5.03. The van der Waals surface area contributed by atoms with Gasteiger partial charge in [0.2, 0.25) is 0 Å². The summed E-state index contributed by atoms with van der Waals surface area (Å²) in [7, 11) is 0. The summed E-state index contributed by atoms with van der Waals surface area (Å²) in [4.78, 5) is 10.3. The van der Waals surface area contributed by atoms with Crippen LogP contribution in [-0.4, -0.2) is 16.6 Å². The average Bonchev–Trinajstić information content (AvgIpc) is 2.30. The molecule has 18 heavy (non-hydrogen) atoms. The van der Waals surface area contributed by atoms with Gasteiger partial charge in [0.05, 0.1) is 0 Å². The molecule has 0 aromatic carbocycles. The van der Waals surface area contributed by atoms with Gasteiger partial charge in [0.25, 0.3) is 0 Å². The Balaban J connectivity index is 0. The molecule has 0 spiro atoms. The van der Waals surface area contributed by atoms with Crippen LogP contribution in [0, 0.1) is 0 Å². The SMILES string of the molecule is CCCCCCCCCCCCCCC(=O)O.O. The zero-order chi connectivity index (χ0) is 12.8. The molecule has 0 saturated carbocycles. The van der Waals surface area contributed by atoms with Gasteiger partial charge in [0.15, 0.2) is 0 Å². The number of hydrogen-bond donors (Lipinski definition) is 1. The van der Waals surface area contributed by atoms with Gasteiger partial charge < -0.3 is 10.6 Å². The van der Waals surface area contributed by atoms with Gasteiger partial charge in [0.1, 0.15) is 0 Å². The van der Waals surface area contributed by atoms with Crippen LogP contribution in [0.15, 0.2) is 0 Å². The second-order valence-corrected chi connectivity index (χ2v) is 5.03. The summed E-state index contributed by atoms with van der Waals surface area (Å²) in [6.45, 7) is 2.25. The van der Waals surface area contributed by atoms with Gasteiger partial charge in [-0.2, -0.15) is 0 Å². The first-order valence-electron chi connectivity index (χ1n) is 7.49. The largest absolute Gasteiger partial charge is 0.481 e. The Labute approximate surface area is 112 Å². The lowest BCUT2D eigenvalue weighted by molar-refractivity contribution is -0.137. The average molecular weight is 260 g/mol. The van der Waals surface area contributed by atoms with Gasteiger partial charge in [-0.3, -0.25) is 4.79 Å². The molecule has 0 atom stereocenters. The van der Waals surface area contributed by atoms with E-state index in [4.69, 9.17) is 5.11 Å². The topological polar surface area (TPSA) is 68.8 Å². The number of carbonyl (C=O) groups is 1. The van der Waals surface area contributed by atoms with Crippen LogP contribution >= 0.6 is 0 Å². The smallest absolute Gasteiger partial charge is 0.303 e. The maximum atomic E-state index is 10.3. The molecule has 0 aromatic heterocycles. The highest BCUT2D eigenvalue weighted by Gasteiger charge is 1.96. The molecule has 0 amide bonds. The molecule has 0 aliphatic carbocycles. The molecule has 3 N–H and O–H groups in total. The van der Waals surface area contributed by atoms with Crippen molar-refractivity contribution in [3.05, 3.63) is 0 Å². The lowest BCUT2D eigenvalue weighted by Crippen LogP contribution is -1.93. The molecular formula is C15H32O3. The predicted octanol–water partition coefficient (Wildman–Crippen LogP) is 4.34. The molecule has 0 aliphatic heterocycles. The van der Waals surface area contributed by atoms with E-state index in [1.807, 2.05) is 0 Å². The Hall–Kier alpha value is -0.570. The highest BCUT2D eigenvalue weighted by molar-refractivity contribution is 5.66. The summed E-state index contributed by atoms with van der Waals surface area (Å²) in [6, 6.07) is 0. The first kappa shape index (κ1) is 19.8. The van der Waals surface area contributed by atoms with Crippen LogP contribution in [-0.2, 0) is 4.79 Å². The van der Waals surface area contributed by atoms with E-state index in [2.05, 4.69) is 6.92 Å². The normalized spacial score (nSPS) is 10.1. The van der Waals surface area contributed by atoms with Crippen molar-refractivity contribution in [2.45, 2.75) is 90.4 Å². The summed E-state index contributed by atoms with van der Waals surface area (Å²) < 4.78 is 0. The van der Waals surface area contributed by atoms with Gasteiger partial charge in [-0.05, 0) is 6.42 Å². The highest BCUT2D eigenvalue weighted by atomic mass is 16.4. The van der Waals surface area contributed by atoms with E-state index in [0.29, 0.717) is 6.42 Å². The fraction of sp³-hybridized carbons (Fsp3) is 0.933. The molecule has 0 heterocycles. The van der Waals surface area contributed by atoms with Crippen molar-refractivity contribution >= 4 is 5.97 Å². The van der Waals surface area contributed by atoms with Gasteiger partial charge in [-0.15, -0.1) is 0 Å². The summed E-state index contributed by atoms with van der Waals surface area (Å²) in [6.07, 6.45) is 15.8. The maximum Gasteiger partial charge on any atom is 0.303 e. The Kier molecular flexibility index (Phi) is 18.0.